The lowest BCUT2D eigenvalue weighted by Crippen LogP contribution is -2.34. The molecule has 0 spiro atoms. The topological polar surface area (TPSA) is 75.4 Å². The molecule has 0 bridgehead atoms. The minimum Gasteiger partial charge on any atom is -0.395 e. The molecule has 7 heteroatoms. The Kier molecular flexibility index (Phi) is 5.47. The molecule has 1 N–H and O–H groups in total. The third-order valence-electron chi connectivity index (χ3n) is 3.73. The Morgan fingerprint density at radius 1 is 1.21 bits per heavy atom. The summed E-state index contributed by atoms with van der Waals surface area (Å²) >= 11 is 0. The normalized spacial score (nSPS) is 12.8. The number of benzene rings is 1. The number of likely N-dealkylation sites (N-methyl/N-ethyl adjacent to an activating group) is 1. The third-order valence-corrected chi connectivity index (χ3v) is 5.71. The Hall–Kier alpha value is -1.70. The Bertz CT molecular complexity index is 777. The van der Waals surface area contributed by atoms with Crippen molar-refractivity contribution >= 4 is 10.0 Å². The molecule has 2 rings (SSSR count). The minimum atomic E-state index is -3.72. The van der Waals surface area contributed by atoms with Gasteiger partial charge in [0.15, 0.2) is 0 Å². The largest absolute Gasteiger partial charge is 0.395 e. The molecule has 132 valence electrons. The molecular weight excluding hydrogens is 326 g/mol. The highest BCUT2D eigenvalue weighted by atomic mass is 32.2. The van der Waals surface area contributed by atoms with Gasteiger partial charge >= 0.3 is 0 Å². The molecule has 0 amide bonds. The maximum atomic E-state index is 13.0. The van der Waals surface area contributed by atoms with Crippen molar-refractivity contribution in [1.29, 1.82) is 0 Å². The van der Waals surface area contributed by atoms with Gasteiger partial charge in [0, 0.05) is 18.5 Å². The van der Waals surface area contributed by atoms with E-state index in [-0.39, 0.29) is 18.0 Å². The van der Waals surface area contributed by atoms with Gasteiger partial charge in [-0.05, 0) is 12.1 Å². The summed E-state index contributed by atoms with van der Waals surface area (Å²) in [6.45, 7) is 7.71. The SMILES string of the molecule is CCN(CCO)S(=O)(=O)c1cn(-c2ccccc2)nc1C(C)(C)C. The monoisotopic (exact) mass is 351 g/mol. The molecule has 0 atom stereocenters. The zero-order valence-corrected chi connectivity index (χ0v) is 15.4. The van der Waals surface area contributed by atoms with Crippen molar-refractivity contribution in [2.45, 2.75) is 38.0 Å². The molecule has 0 unspecified atom stereocenters. The van der Waals surface area contributed by atoms with Crippen LogP contribution in [0.25, 0.3) is 5.69 Å². The first-order chi connectivity index (χ1) is 11.2. The number of para-hydroxylation sites is 1. The average molecular weight is 351 g/mol. The molecule has 2 aromatic rings. The molecule has 0 aliphatic heterocycles. The van der Waals surface area contributed by atoms with Gasteiger partial charge in [0.05, 0.1) is 24.2 Å². The standard InChI is InChI=1S/C17H25N3O3S/c1-5-19(11-12-21)24(22,23)15-13-20(14-9-7-6-8-10-14)18-16(15)17(2,3)4/h6-10,13,21H,5,11-12H2,1-4H3. The number of hydrogen-bond donors (Lipinski definition) is 1. The summed E-state index contributed by atoms with van der Waals surface area (Å²) < 4.78 is 28.9. The highest BCUT2D eigenvalue weighted by Crippen LogP contribution is 2.30. The van der Waals surface area contributed by atoms with Gasteiger partial charge in [-0.15, -0.1) is 0 Å². The molecule has 1 aromatic carbocycles. The van der Waals surface area contributed by atoms with Gasteiger partial charge in [0.1, 0.15) is 4.90 Å². The molecule has 0 radical (unpaired) electrons. The summed E-state index contributed by atoms with van der Waals surface area (Å²) in [5.41, 5.74) is 0.888. The van der Waals surface area contributed by atoms with Crippen molar-refractivity contribution < 1.29 is 13.5 Å². The zero-order valence-electron chi connectivity index (χ0n) is 14.6. The number of aliphatic hydroxyl groups is 1. The van der Waals surface area contributed by atoms with Crippen LogP contribution in [0.5, 0.6) is 0 Å². The predicted molar refractivity (Wildman–Crippen MR) is 93.8 cm³/mol. The van der Waals surface area contributed by atoms with E-state index in [0.717, 1.165) is 5.69 Å². The summed E-state index contributed by atoms with van der Waals surface area (Å²) in [7, 11) is -3.72. The van der Waals surface area contributed by atoms with E-state index in [1.807, 2.05) is 51.1 Å². The first-order valence-electron chi connectivity index (χ1n) is 7.98. The van der Waals surface area contributed by atoms with Gasteiger partial charge < -0.3 is 5.11 Å². The van der Waals surface area contributed by atoms with E-state index < -0.39 is 15.4 Å². The summed E-state index contributed by atoms with van der Waals surface area (Å²) in [6.07, 6.45) is 1.56. The van der Waals surface area contributed by atoms with Crippen molar-refractivity contribution in [3.05, 3.63) is 42.2 Å². The maximum absolute atomic E-state index is 13.0. The Morgan fingerprint density at radius 3 is 2.33 bits per heavy atom. The fourth-order valence-corrected chi connectivity index (χ4v) is 4.24. The second-order valence-electron chi connectivity index (χ2n) is 6.59. The molecule has 0 fully saturated rings. The van der Waals surface area contributed by atoms with Gasteiger partial charge in [-0.25, -0.2) is 13.1 Å². The first kappa shape index (κ1) is 18.6. The third kappa shape index (κ3) is 3.68. The predicted octanol–water partition coefficient (Wildman–Crippen LogP) is 2.17. The summed E-state index contributed by atoms with van der Waals surface area (Å²) in [6, 6.07) is 9.41. The number of sulfonamides is 1. The molecular formula is C17H25N3O3S. The molecule has 0 aliphatic carbocycles. The van der Waals surface area contributed by atoms with E-state index in [2.05, 4.69) is 5.10 Å². The van der Waals surface area contributed by atoms with Crippen LogP contribution in [-0.4, -0.2) is 47.3 Å². The minimum absolute atomic E-state index is 0.0684. The smallest absolute Gasteiger partial charge is 0.246 e. The van der Waals surface area contributed by atoms with Gasteiger partial charge in [-0.3, -0.25) is 0 Å². The first-order valence-corrected chi connectivity index (χ1v) is 9.42. The highest BCUT2D eigenvalue weighted by molar-refractivity contribution is 7.89. The Morgan fingerprint density at radius 2 is 1.83 bits per heavy atom. The van der Waals surface area contributed by atoms with Crippen LogP contribution in [0, 0.1) is 0 Å². The lowest BCUT2D eigenvalue weighted by atomic mass is 9.92. The van der Waals surface area contributed by atoms with Crippen LogP contribution in [-0.2, 0) is 15.4 Å². The van der Waals surface area contributed by atoms with E-state index in [0.29, 0.717) is 12.2 Å². The van der Waals surface area contributed by atoms with E-state index in [4.69, 9.17) is 5.11 Å². The fourth-order valence-electron chi connectivity index (χ4n) is 2.48. The van der Waals surface area contributed by atoms with Crippen molar-refractivity contribution in [3.8, 4) is 5.69 Å². The number of aliphatic hydroxyl groups excluding tert-OH is 1. The summed E-state index contributed by atoms with van der Waals surface area (Å²) in [5, 5.41) is 13.7. The van der Waals surface area contributed by atoms with Crippen LogP contribution >= 0.6 is 0 Å². The fraction of sp³-hybridized carbons (Fsp3) is 0.471. The van der Waals surface area contributed by atoms with Crippen LogP contribution in [0.15, 0.2) is 41.4 Å². The molecule has 0 saturated heterocycles. The van der Waals surface area contributed by atoms with E-state index in [1.165, 1.54) is 4.31 Å². The zero-order chi connectivity index (χ0) is 18.0. The number of hydrogen-bond acceptors (Lipinski definition) is 4. The second-order valence-corrected chi connectivity index (χ2v) is 8.50. The molecule has 1 aromatic heterocycles. The maximum Gasteiger partial charge on any atom is 0.246 e. The number of rotatable bonds is 6. The van der Waals surface area contributed by atoms with Crippen LogP contribution in [0.2, 0.25) is 0 Å². The number of aromatic nitrogens is 2. The van der Waals surface area contributed by atoms with Crippen LogP contribution in [0.3, 0.4) is 0 Å². The van der Waals surface area contributed by atoms with E-state index >= 15 is 0 Å². The molecule has 24 heavy (non-hydrogen) atoms. The van der Waals surface area contributed by atoms with Crippen molar-refractivity contribution in [2.75, 3.05) is 19.7 Å². The van der Waals surface area contributed by atoms with Crippen molar-refractivity contribution in [1.82, 2.24) is 14.1 Å². The lowest BCUT2D eigenvalue weighted by molar-refractivity contribution is 0.257. The van der Waals surface area contributed by atoms with Crippen molar-refractivity contribution in [3.63, 3.8) is 0 Å². The summed E-state index contributed by atoms with van der Waals surface area (Å²) in [4.78, 5) is 0.189. The molecule has 0 aliphatic rings. The van der Waals surface area contributed by atoms with Crippen LogP contribution in [0.4, 0.5) is 0 Å². The van der Waals surface area contributed by atoms with Gasteiger partial charge in [-0.2, -0.15) is 9.40 Å². The van der Waals surface area contributed by atoms with E-state index in [1.54, 1.807) is 17.8 Å². The van der Waals surface area contributed by atoms with Crippen LogP contribution in [0.1, 0.15) is 33.4 Å². The summed E-state index contributed by atoms with van der Waals surface area (Å²) in [5.74, 6) is 0. The highest BCUT2D eigenvalue weighted by Gasteiger charge is 2.33. The molecule has 1 heterocycles. The van der Waals surface area contributed by atoms with Gasteiger partial charge in [-0.1, -0.05) is 45.9 Å². The molecule has 0 saturated carbocycles. The Labute approximate surface area is 143 Å². The van der Waals surface area contributed by atoms with Gasteiger partial charge in [0.25, 0.3) is 0 Å². The quantitative estimate of drug-likeness (QED) is 0.865. The van der Waals surface area contributed by atoms with Gasteiger partial charge in [0.2, 0.25) is 10.0 Å². The number of nitrogens with zero attached hydrogens (tertiary/aromatic N) is 3. The second kappa shape index (κ2) is 7.04. The van der Waals surface area contributed by atoms with Crippen LogP contribution < -0.4 is 0 Å². The molecule has 6 nitrogen and oxygen atoms in total. The average Bonchev–Trinajstić information content (AvgIpc) is 2.99. The van der Waals surface area contributed by atoms with E-state index in [9.17, 15) is 8.42 Å². The Balaban J connectivity index is 2.62. The van der Waals surface area contributed by atoms with Crippen molar-refractivity contribution in [2.24, 2.45) is 0 Å². The lowest BCUT2D eigenvalue weighted by Gasteiger charge is -2.22.